The van der Waals surface area contributed by atoms with Gasteiger partial charge in [0.2, 0.25) is 0 Å². The number of amides is 2. The minimum Gasteiger partial charge on any atom is -0.374 e. The van der Waals surface area contributed by atoms with Gasteiger partial charge in [0.25, 0.3) is 0 Å². The van der Waals surface area contributed by atoms with Gasteiger partial charge in [0.15, 0.2) is 0 Å². The second-order valence-electron chi connectivity index (χ2n) is 7.84. The lowest BCUT2D eigenvalue weighted by atomic mass is 9.99. The third kappa shape index (κ3) is 3.76. The largest absolute Gasteiger partial charge is 0.374 e. The van der Waals surface area contributed by atoms with E-state index in [0.29, 0.717) is 19.0 Å². The Labute approximate surface area is 185 Å². The van der Waals surface area contributed by atoms with E-state index in [4.69, 9.17) is 9.84 Å². The molecule has 0 bridgehead atoms. The van der Waals surface area contributed by atoms with E-state index in [1.165, 1.54) is 0 Å². The Morgan fingerprint density at radius 3 is 2.69 bits per heavy atom. The third-order valence-electron chi connectivity index (χ3n) is 5.61. The van der Waals surface area contributed by atoms with Crippen molar-refractivity contribution >= 4 is 11.8 Å². The molecule has 0 saturated heterocycles. The van der Waals surface area contributed by atoms with E-state index in [2.05, 4.69) is 15.7 Å². The molecule has 0 fully saturated rings. The van der Waals surface area contributed by atoms with Crippen LogP contribution in [0.1, 0.15) is 22.7 Å². The lowest BCUT2D eigenvalue weighted by Gasteiger charge is -2.26. The first-order valence-corrected chi connectivity index (χ1v) is 10.5. The second-order valence-corrected chi connectivity index (χ2v) is 7.84. The monoisotopic (exact) mass is 428 g/mol. The molecule has 1 atom stereocenters. The van der Waals surface area contributed by atoms with E-state index in [9.17, 15) is 4.79 Å². The number of carbonyl (C=O) groups is 1. The van der Waals surface area contributed by atoms with E-state index in [1.807, 2.05) is 74.8 Å². The zero-order valence-electron chi connectivity index (χ0n) is 17.9. The number of urea groups is 1. The van der Waals surface area contributed by atoms with Crippen LogP contribution in [-0.2, 0) is 18.4 Å². The molecule has 1 unspecified atom stereocenters. The topological polar surface area (TPSA) is 86.0 Å². The molecular weight excluding hydrogens is 404 g/mol. The number of ether oxygens (including phenoxy) is 1. The number of nitrogens with one attached hydrogen (secondary N) is 2. The van der Waals surface area contributed by atoms with Crippen LogP contribution in [-0.4, -0.2) is 32.2 Å². The van der Waals surface area contributed by atoms with Gasteiger partial charge >= 0.3 is 6.03 Å². The van der Waals surface area contributed by atoms with Crippen molar-refractivity contribution in [3.05, 3.63) is 83.7 Å². The Balaban J connectivity index is 1.46. The molecule has 8 nitrogen and oxygen atoms in total. The molecular formula is C24H24N6O2. The van der Waals surface area contributed by atoms with Crippen LogP contribution in [0.25, 0.3) is 16.9 Å². The molecule has 2 amide bonds. The number of fused-ring (bicyclic) bond motifs is 1. The third-order valence-corrected chi connectivity index (χ3v) is 5.61. The number of nitrogens with zero attached hydrogens (tertiary/aromatic N) is 4. The van der Waals surface area contributed by atoms with Crippen LogP contribution in [0.3, 0.4) is 0 Å². The maximum absolute atomic E-state index is 13.0. The fraction of sp³-hybridized carbons (Fsp3) is 0.208. The summed E-state index contributed by atoms with van der Waals surface area (Å²) < 4.78 is 9.16. The van der Waals surface area contributed by atoms with Gasteiger partial charge in [0.1, 0.15) is 11.5 Å². The Morgan fingerprint density at radius 2 is 1.91 bits per heavy atom. The van der Waals surface area contributed by atoms with Gasteiger partial charge in [-0.1, -0.05) is 42.5 Å². The smallest absolute Gasteiger partial charge is 0.320 e. The van der Waals surface area contributed by atoms with Crippen molar-refractivity contribution in [1.29, 1.82) is 0 Å². The summed E-state index contributed by atoms with van der Waals surface area (Å²) in [5.41, 5.74) is 5.54. The van der Waals surface area contributed by atoms with Crippen LogP contribution < -0.4 is 10.6 Å². The van der Waals surface area contributed by atoms with Gasteiger partial charge in [-0.15, -0.1) is 0 Å². The molecule has 4 aromatic rings. The summed E-state index contributed by atoms with van der Waals surface area (Å²) in [6.45, 7) is 2.94. The van der Waals surface area contributed by atoms with E-state index in [-0.39, 0.29) is 12.1 Å². The molecule has 0 spiro atoms. The van der Waals surface area contributed by atoms with Crippen LogP contribution in [0, 0.1) is 6.92 Å². The molecule has 2 aromatic carbocycles. The van der Waals surface area contributed by atoms with E-state index >= 15 is 0 Å². The number of anilines is 1. The summed E-state index contributed by atoms with van der Waals surface area (Å²) in [4.78, 5) is 13.0. The number of carbonyl (C=O) groups excluding carboxylic acids is 1. The first-order chi connectivity index (χ1) is 15.6. The molecule has 2 N–H and O–H groups in total. The minimum atomic E-state index is -0.312. The van der Waals surface area contributed by atoms with Crippen LogP contribution in [0.5, 0.6) is 0 Å². The van der Waals surface area contributed by atoms with Gasteiger partial charge < -0.3 is 10.1 Å². The lowest BCUT2D eigenvalue weighted by molar-refractivity contribution is 0.0850. The Bertz CT molecular complexity index is 1260. The molecule has 5 rings (SSSR count). The quantitative estimate of drug-likeness (QED) is 0.515. The number of hydrogen-bond acceptors (Lipinski definition) is 4. The number of aryl methyl sites for hydroxylation is 1. The van der Waals surface area contributed by atoms with Crippen molar-refractivity contribution in [3.8, 4) is 16.9 Å². The first-order valence-electron chi connectivity index (χ1n) is 10.5. The SMILES string of the molecule is Cc1c(-c2cnn(C)c2)nn(-c2ccccc2)c1NC(=O)NC1COCc2ccccc21. The van der Waals surface area contributed by atoms with Crippen LogP contribution in [0.2, 0.25) is 0 Å². The number of hydrogen-bond donors (Lipinski definition) is 2. The highest BCUT2D eigenvalue weighted by Crippen LogP contribution is 2.30. The summed E-state index contributed by atoms with van der Waals surface area (Å²) >= 11 is 0. The molecule has 162 valence electrons. The highest BCUT2D eigenvalue weighted by molar-refractivity contribution is 5.91. The molecule has 3 heterocycles. The van der Waals surface area contributed by atoms with Gasteiger partial charge in [-0.3, -0.25) is 10.00 Å². The van der Waals surface area contributed by atoms with Gasteiger partial charge in [-0.05, 0) is 30.2 Å². The van der Waals surface area contributed by atoms with E-state index < -0.39 is 0 Å². The van der Waals surface area contributed by atoms with Crippen molar-refractivity contribution < 1.29 is 9.53 Å². The van der Waals surface area contributed by atoms with Crippen molar-refractivity contribution in [3.63, 3.8) is 0 Å². The van der Waals surface area contributed by atoms with Crippen LogP contribution in [0.4, 0.5) is 10.6 Å². The average Bonchev–Trinajstić information content (AvgIpc) is 3.38. The first kappa shape index (κ1) is 20.0. The van der Waals surface area contributed by atoms with Gasteiger partial charge in [-0.2, -0.15) is 10.2 Å². The molecule has 1 aliphatic heterocycles. The number of aromatic nitrogens is 4. The zero-order valence-corrected chi connectivity index (χ0v) is 17.9. The fourth-order valence-corrected chi connectivity index (χ4v) is 4.02. The van der Waals surface area contributed by atoms with E-state index in [1.54, 1.807) is 15.6 Å². The van der Waals surface area contributed by atoms with E-state index in [0.717, 1.165) is 33.6 Å². The van der Waals surface area contributed by atoms with Gasteiger partial charge in [0, 0.05) is 24.4 Å². The van der Waals surface area contributed by atoms with Crippen LogP contribution >= 0.6 is 0 Å². The lowest BCUT2D eigenvalue weighted by Crippen LogP contribution is -2.37. The molecule has 0 radical (unpaired) electrons. The Kier molecular flexibility index (Phi) is 5.20. The maximum atomic E-state index is 13.0. The molecule has 8 heteroatoms. The zero-order chi connectivity index (χ0) is 22.1. The van der Waals surface area contributed by atoms with Gasteiger partial charge in [0.05, 0.1) is 31.1 Å². The van der Waals surface area contributed by atoms with Gasteiger partial charge in [-0.25, -0.2) is 9.48 Å². The van der Waals surface area contributed by atoms with Crippen molar-refractivity contribution in [2.45, 2.75) is 19.6 Å². The Hall–Kier alpha value is -3.91. The average molecular weight is 428 g/mol. The predicted octanol–water partition coefficient (Wildman–Crippen LogP) is 3.97. The van der Waals surface area contributed by atoms with Crippen LogP contribution in [0.15, 0.2) is 67.0 Å². The summed E-state index contributed by atoms with van der Waals surface area (Å²) in [7, 11) is 1.86. The summed E-state index contributed by atoms with van der Waals surface area (Å²) in [5.74, 6) is 0.609. The summed E-state index contributed by atoms with van der Waals surface area (Å²) in [6, 6.07) is 17.2. The Morgan fingerprint density at radius 1 is 1.12 bits per heavy atom. The molecule has 32 heavy (non-hydrogen) atoms. The number of benzene rings is 2. The second kappa shape index (κ2) is 8.32. The maximum Gasteiger partial charge on any atom is 0.320 e. The molecule has 0 aliphatic carbocycles. The van der Waals surface area contributed by atoms with Crippen molar-refractivity contribution in [2.24, 2.45) is 7.05 Å². The molecule has 1 aliphatic rings. The minimum absolute atomic E-state index is 0.217. The highest BCUT2D eigenvalue weighted by Gasteiger charge is 2.24. The van der Waals surface area contributed by atoms with Crippen molar-refractivity contribution in [2.75, 3.05) is 11.9 Å². The predicted molar refractivity (Wildman–Crippen MR) is 121 cm³/mol. The normalized spacial score (nSPS) is 15.2. The fourth-order valence-electron chi connectivity index (χ4n) is 4.02. The van der Waals surface area contributed by atoms with Crippen molar-refractivity contribution in [1.82, 2.24) is 24.9 Å². The highest BCUT2D eigenvalue weighted by atomic mass is 16.5. The standard InChI is InChI=1S/C24H24N6O2/c1-16-22(18-12-25-29(2)13-18)28-30(19-9-4-3-5-10-19)23(16)27-24(31)26-21-15-32-14-17-8-6-7-11-20(17)21/h3-13,21H,14-15H2,1-2H3,(H2,26,27,31). The summed E-state index contributed by atoms with van der Waals surface area (Å²) in [6.07, 6.45) is 3.68. The molecule has 0 saturated carbocycles. The summed E-state index contributed by atoms with van der Waals surface area (Å²) in [5, 5.41) is 15.1. The number of rotatable bonds is 4. The molecule has 2 aromatic heterocycles. The number of para-hydroxylation sites is 1.